The van der Waals surface area contributed by atoms with Crippen LogP contribution in [0.2, 0.25) is 0 Å². The number of nitrogens with two attached hydrogens (primary N) is 1. The summed E-state index contributed by atoms with van der Waals surface area (Å²) in [5.74, 6) is 0.556. The van der Waals surface area contributed by atoms with Crippen LogP contribution in [-0.4, -0.2) is 9.97 Å². The zero-order chi connectivity index (χ0) is 10.8. The van der Waals surface area contributed by atoms with E-state index in [1.807, 2.05) is 38.2 Å². The Morgan fingerprint density at radius 2 is 1.87 bits per heavy atom. The Bertz CT molecular complexity index is 454. The van der Waals surface area contributed by atoms with Gasteiger partial charge in [-0.2, -0.15) is 0 Å². The molecule has 15 heavy (non-hydrogen) atoms. The van der Waals surface area contributed by atoms with Gasteiger partial charge < -0.3 is 5.73 Å². The summed E-state index contributed by atoms with van der Waals surface area (Å²) in [6.07, 6.45) is 3.55. The Hall–Kier alpha value is -1.90. The molecule has 0 aliphatic heterocycles. The third-order valence-electron chi connectivity index (χ3n) is 2.39. The van der Waals surface area contributed by atoms with Gasteiger partial charge >= 0.3 is 0 Å². The minimum Gasteiger partial charge on any atom is -0.383 e. The van der Waals surface area contributed by atoms with Crippen molar-refractivity contribution in [2.75, 3.05) is 5.73 Å². The van der Waals surface area contributed by atoms with Crippen molar-refractivity contribution in [2.45, 2.75) is 13.8 Å². The van der Waals surface area contributed by atoms with Crippen LogP contribution in [0.25, 0.3) is 11.1 Å². The summed E-state index contributed by atoms with van der Waals surface area (Å²) in [5.41, 5.74) is 9.96. The highest BCUT2D eigenvalue weighted by molar-refractivity contribution is 5.76. The molecule has 0 aliphatic rings. The smallest absolute Gasteiger partial charge is 0.131 e. The molecule has 2 N–H and O–H groups in total. The third-order valence-corrected chi connectivity index (χ3v) is 2.39. The van der Waals surface area contributed by atoms with E-state index in [4.69, 9.17) is 5.73 Å². The van der Waals surface area contributed by atoms with E-state index in [-0.39, 0.29) is 0 Å². The minimum atomic E-state index is 0.556. The average molecular weight is 199 g/mol. The van der Waals surface area contributed by atoms with Crippen molar-refractivity contribution < 1.29 is 0 Å². The number of pyridine rings is 2. The molecule has 3 heteroatoms. The molecule has 0 saturated carbocycles. The molecule has 0 spiro atoms. The van der Waals surface area contributed by atoms with Crippen LogP contribution >= 0.6 is 0 Å². The van der Waals surface area contributed by atoms with E-state index in [2.05, 4.69) is 9.97 Å². The van der Waals surface area contributed by atoms with Gasteiger partial charge in [0.1, 0.15) is 5.82 Å². The summed E-state index contributed by atoms with van der Waals surface area (Å²) >= 11 is 0. The number of aryl methyl sites for hydroxylation is 2. The van der Waals surface area contributed by atoms with E-state index in [1.165, 1.54) is 0 Å². The van der Waals surface area contributed by atoms with E-state index in [0.29, 0.717) is 5.82 Å². The molecule has 2 aromatic rings. The number of nitrogen functional groups attached to an aromatic ring is 1. The molecule has 0 saturated heterocycles. The van der Waals surface area contributed by atoms with Gasteiger partial charge in [0.05, 0.1) is 0 Å². The fourth-order valence-corrected chi connectivity index (χ4v) is 1.57. The maximum Gasteiger partial charge on any atom is 0.131 e. The topological polar surface area (TPSA) is 51.8 Å². The van der Waals surface area contributed by atoms with Crippen molar-refractivity contribution in [3.05, 3.63) is 41.9 Å². The highest BCUT2D eigenvalue weighted by Crippen LogP contribution is 2.26. The van der Waals surface area contributed by atoms with Crippen LogP contribution in [0, 0.1) is 13.8 Å². The Kier molecular flexibility index (Phi) is 2.37. The predicted octanol–water partition coefficient (Wildman–Crippen LogP) is 2.34. The number of rotatable bonds is 1. The summed E-state index contributed by atoms with van der Waals surface area (Å²) < 4.78 is 0. The molecule has 0 aromatic carbocycles. The van der Waals surface area contributed by atoms with E-state index in [9.17, 15) is 0 Å². The molecule has 0 bridgehead atoms. The first-order valence-electron chi connectivity index (χ1n) is 4.82. The van der Waals surface area contributed by atoms with Crippen molar-refractivity contribution in [2.24, 2.45) is 0 Å². The monoisotopic (exact) mass is 199 g/mol. The van der Waals surface area contributed by atoms with Crippen LogP contribution in [0.3, 0.4) is 0 Å². The summed E-state index contributed by atoms with van der Waals surface area (Å²) in [5, 5.41) is 0. The number of aromatic nitrogens is 2. The molecule has 2 rings (SSSR count). The Balaban J connectivity index is 2.58. The second-order valence-electron chi connectivity index (χ2n) is 3.58. The van der Waals surface area contributed by atoms with Crippen molar-refractivity contribution in [1.29, 1.82) is 0 Å². The van der Waals surface area contributed by atoms with Gasteiger partial charge in [-0.3, -0.25) is 4.98 Å². The van der Waals surface area contributed by atoms with Crippen molar-refractivity contribution >= 4 is 5.82 Å². The number of anilines is 1. The maximum atomic E-state index is 5.85. The molecule has 2 aromatic heterocycles. The van der Waals surface area contributed by atoms with Gasteiger partial charge in [0.15, 0.2) is 0 Å². The number of hydrogen-bond acceptors (Lipinski definition) is 3. The lowest BCUT2D eigenvalue weighted by Crippen LogP contribution is -1.96. The van der Waals surface area contributed by atoms with E-state index >= 15 is 0 Å². The van der Waals surface area contributed by atoms with Crippen molar-refractivity contribution in [3.63, 3.8) is 0 Å². The minimum absolute atomic E-state index is 0.556. The molecular weight excluding hydrogens is 186 g/mol. The molecule has 0 fully saturated rings. The highest BCUT2D eigenvalue weighted by atomic mass is 14.8. The molecule has 0 aliphatic carbocycles. The zero-order valence-electron chi connectivity index (χ0n) is 8.86. The molecule has 0 unspecified atom stereocenters. The van der Waals surface area contributed by atoms with Crippen LogP contribution in [-0.2, 0) is 0 Å². The lowest BCUT2D eigenvalue weighted by Gasteiger charge is -2.07. The first-order chi connectivity index (χ1) is 7.18. The van der Waals surface area contributed by atoms with Gasteiger partial charge in [-0.25, -0.2) is 4.98 Å². The number of hydrogen-bond donors (Lipinski definition) is 1. The summed E-state index contributed by atoms with van der Waals surface area (Å²) in [7, 11) is 0. The molecule has 2 heterocycles. The van der Waals surface area contributed by atoms with E-state index < -0.39 is 0 Å². The van der Waals surface area contributed by atoms with Gasteiger partial charge in [-0.15, -0.1) is 0 Å². The standard InChI is InChI=1S/C12H13N3/c1-8-5-6-14-12(13)11(8)10-4-3-9(2)15-7-10/h3-7H,1-2H3,(H2,13,14). The molecular formula is C12H13N3. The van der Waals surface area contributed by atoms with Gasteiger partial charge in [-0.05, 0) is 31.5 Å². The van der Waals surface area contributed by atoms with Gasteiger partial charge in [0.25, 0.3) is 0 Å². The normalized spacial score (nSPS) is 10.3. The maximum absolute atomic E-state index is 5.85. The van der Waals surface area contributed by atoms with Crippen molar-refractivity contribution in [1.82, 2.24) is 9.97 Å². The SMILES string of the molecule is Cc1ccc(-c2c(C)ccnc2N)cn1. The Labute approximate surface area is 89.0 Å². The largest absolute Gasteiger partial charge is 0.383 e. The van der Waals surface area contributed by atoms with E-state index in [1.54, 1.807) is 6.20 Å². The third kappa shape index (κ3) is 1.81. The van der Waals surface area contributed by atoms with Crippen LogP contribution in [0.1, 0.15) is 11.3 Å². The Morgan fingerprint density at radius 3 is 2.47 bits per heavy atom. The van der Waals surface area contributed by atoms with Gasteiger partial charge in [-0.1, -0.05) is 6.07 Å². The van der Waals surface area contributed by atoms with Gasteiger partial charge in [0, 0.05) is 29.2 Å². The van der Waals surface area contributed by atoms with Crippen LogP contribution in [0.15, 0.2) is 30.6 Å². The first kappa shape index (κ1) is 9.65. The van der Waals surface area contributed by atoms with Crippen LogP contribution in [0.4, 0.5) is 5.82 Å². The second kappa shape index (κ2) is 3.69. The van der Waals surface area contributed by atoms with E-state index in [0.717, 1.165) is 22.4 Å². The predicted molar refractivity (Wildman–Crippen MR) is 61.4 cm³/mol. The molecule has 76 valence electrons. The molecule has 0 amide bonds. The highest BCUT2D eigenvalue weighted by Gasteiger charge is 2.06. The summed E-state index contributed by atoms with van der Waals surface area (Å²) in [6, 6.07) is 5.94. The summed E-state index contributed by atoms with van der Waals surface area (Å²) in [6.45, 7) is 3.98. The molecule has 3 nitrogen and oxygen atoms in total. The molecule has 0 atom stereocenters. The fraction of sp³-hybridized carbons (Fsp3) is 0.167. The van der Waals surface area contributed by atoms with Crippen LogP contribution < -0.4 is 5.73 Å². The first-order valence-corrected chi connectivity index (χ1v) is 4.82. The molecule has 0 radical (unpaired) electrons. The lowest BCUT2D eigenvalue weighted by molar-refractivity contribution is 1.20. The van der Waals surface area contributed by atoms with Gasteiger partial charge in [0.2, 0.25) is 0 Å². The Morgan fingerprint density at radius 1 is 1.07 bits per heavy atom. The van der Waals surface area contributed by atoms with Crippen LogP contribution in [0.5, 0.6) is 0 Å². The lowest BCUT2D eigenvalue weighted by atomic mass is 10.0. The fourth-order valence-electron chi connectivity index (χ4n) is 1.57. The zero-order valence-corrected chi connectivity index (χ0v) is 8.86. The summed E-state index contributed by atoms with van der Waals surface area (Å²) in [4.78, 5) is 8.34. The second-order valence-corrected chi connectivity index (χ2v) is 3.58. The van der Waals surface area contributed by atoms with Crippen molar-refractivity contribution in [3.8, 4) is 11.1 Å². The quantitative estimate of drug-likeness (QED) is 0.767. The average Bonchev–Trinajstić information content (AvgIpc) is 2.20. The number of nitrogens with zero attached hydrogens (tertiary/aromatic N) is 2.